The predicted octanol–water partition coefficient (Wildman–Crippen LogP) is 7.30. The van der Waals surface area contributed by atoms with Gasteiger partial charge in [0.1, 0.15) is 0 Å². The van der Waals surface area contributed by atoms with E-state index in [0.717, 1.165) is 49.2 Å². The summed E-state index contributed by atoms with van der Waals surface area (Å²) in [7, 11) is 0. The Labute approximate surface area is 241 Å². The van der Waals surface area contributed by atoms with E-state index in [9.17, 15) is 4.79 Å². The molecule has 11 atom stereocenters. The first kappa shape index (κ1) is 27.0. The minimum Gasteiger partial charge on any atom is -0.369 e. The summed E-state index contributed by atoms with van der Waals surface area (Å²) in [6.07, 6.45) is 12.8. The highest BCUT2D eigenvalue weighted by Gasteiger charge is 2.59. The zero-order valence-corrected chi connectivity index (χ0v) is 25.2. The Morgan fingerprint density at radius 1 is 1.05 bits per heavy atom. The Hall–Kier alpha value is -1.85. The monoisotopic (exact) mass is 545 g/mol. The van der Waals surface area contributed by atoms with Crippen LogP contribution < -0.4 is 16.0 Å². The van der Waals surface area contributed by atoms with E-state index < -0.39 is 0 Å². The van der Waals surface area contributed by atoms with Crippen LogP contribution in [0.15, 0.2) is 41.5 Å². The minimum absolute atomic E-state index is 0.0362. The van der Waals surface area contributed by atoms with Crippen molar-refractivity contribution in [3.05, 3.63) is 41.5 Å². The van der Waals surface area contributed by atoms with Crippen LogP contribution >= 0.6 is 0 Å². The number of urea groups is 1. The van der Waals surface area contributed by atoms with Crippen LogP contribution in [0.25, 0.3) is 0 Å². The van der Waals surface area contributed by atoms with E-state index in [0.29, 0.717) is 35.3 Å². The molecule has 0 radical (unpaired) electrons. The van der Waals surface area contributed by atoms with Crippen molar-refractivity contribution in [3.8, 4) is 0 Å². The van der Waals surface area contributed by atoms with Gasteiger partial charge in [0.2, 0.25) is 0 Å². The Kier molecular flexibility index (Phi) is 6.86. The molecular weight excluding hydrogens is 494 g/mol. The van der Waals surface area contributed by atoms with Crippen molar-refractivity contribution in [2.45, 2.75) is 116 Å². The van der Waals surface area contributed by atoms with Gasteiger partial charge in [0.05, 0.1) is 11.7 Å². The quantitative estimate of drug-likeness (QED) is 0.342. The summed E-state index contributed by atoms with van der Waals surface area (Å²) in [5.41, 5.74) is 4.79. The molecule has 5 heteroatoms. The van der Waals surface area contributed by atoms with Crippen molar-refractivity contribution >= 4 is 11.7 Å². The number of rotatable bonds is 2. The third-order valence-corrected chi connectivity index (χ3v) is 13.0. The topological polar surface area (TPSA) is 62.4 Å². The minimum atomic E-state index is -0.0563. The average molecular weight is 546 g/mol. The lowest BCUT2D eigenvalue weighted by Crippen LogP contribution is -2.51. The molecule has 2 aliphatic heterocycles. The van der Waals surface area contributed by atoms with E-state index in [1.54, 1.807) is 5.57 Å². The number of piperidine rings is 1. The third kappa shape index (κ3) is 4.45. The van der Waals surface area contributed by atoms with Crippen LogP contribution in [-0.4, -0.2) is 36.4 Å². The van der Waals surface area contributed by atoms with Gasteiger partial charge < -0.3 is 20.7 Å². The molecule has 2 amide bonds. The van der Waals surface area contributed by atoms with Crippen LogP contribution in [-0.2, 0) is 4.74 Å². The maximum atomic E-state index is 12.7. The van der Waals surface area contributed by atoms with Crippen LogP contribution in [0.2, 0.25) is 0 Å². The molecule has 1 spiro atoms. The zero-order chi connectivity index (χ0) is 27.6. The van der Waals surface area contributed by atoms with Gasteiger partial charge >= 0.3 is 6.03 Å². The number of carbonyl (C=O) groups is 1. The molecule has 1 aromatic rings. The standard InChI is InChI=1S/C35H51N3O2/c1-21-16-31-32(36-20-21)23(3)35(40-31)15-13-27-28-11-10-24-17-26(38-33(39)37-25-8-6-5-7-9-25)12-14-34(24,4)30(28)18-29(27)22(2)19-35/h5-9,21,23-24,26-28,30-32,36H,10-20H2,1-4H3,(H2,37,38,39)/t21-,23+,24+,26?,27-,28-,30-,31+,32-,34-,35-/m0/s1. The zero-order valence-electron chi connectivity index (χ0n) is 25.2. The molecule has 6 aliphatic rings. The number of ether oxygens (including phenoxy) is 1. The van der Waals surface area contributed by atoms with Gasteiger partial charge in [-0.05, 0) is 125 Å². The maximum absolute atomic E-state index is 12.7. The largest absolute Gasteiger partial charge is 0.369 e. The highest BCUT2D eigenvalue weighted by molar-refractivity contribution is 5.89. The van der Waals surface area contributed by atoms with E-state index in [4.69, 9.17) is 4.74 Å². The molecule has 5 fully saturated rings. The van der Waals surface area contributed by atoms with Gasteiger partial charge in [0.25, 0.3) is 0 Å². The molecule has 40 heavy (non-hydrogen) atoms. The summed E-state index contributed by atoms with van der Waals surface area (Å²) >= 11 is 0. The second kappa shape index (κ2) is 10.2. The number of hydrogen-bond donors (Lipinski definition) is 3. The summed E-state index contributed by atoms with van der Waals surface area (Å²) in [5, 5.41) is 10.2. The fraction of sp³-hybridized carbons (Fsp3) is 0.743. The first-order valence-electron chi connectivity index (χ1n) is 16.5. The summed E-state index contributed by atoms with van der Waals surface area (Å²) in [4.78, 5) is 12.7. The second-order valence-electron chi connectivity index (χ2n) is 15.1. The molecule has 0 aromatic heterocycles. The van der Waals surface area contributed by atoms with Crippen molar-refractivity contribution < 1.29 is 9.53 Å². The molecular formula is C35H51N3O2. The summed E-state index contributed by atoms with van der Waals surface area (Å²) in [6.45, 7) is 11.1. The molecule has 7 rings (SSSR count). The van der Waals surface area contributed by atoms with Crippen molar-refractivity contribution in [1.29, 1.82) is 0 Å². The SMILES string of the molecule is CC1=C2C[C@H]3[C@@H](CC[C@@H]4CC(NC(=O)Nc5ccccc5)CC[C@@]43C)[C@@H]2CC[C@@]2(C1)O[C@@H]1C[C@H](C)CN[C@H]1[C@H]2C. The molecule has 4 aliphatic carbocycles. The summed E-state index contributed by atoms with van der Waals surface area (Å²) < 4.78 is 7.08. The highest BCUT2D eigenvalue weighted by atomic mass is 16.5. The van der Waals surface area contributed by atoms with Gasteiger partial charge in [-0.25, -0.2) is 4.79 Å². The number of nitrogens with one attached hydrogen (secondary N) is 3. The first-order chi connectivity index (χ1) is 19.3. The highest BCUT2D eigenvalue weighted by Crippen LogP contribution is 2.65. The molecule has 3 N–H and O–H groups in total. The van der Waals surface area contributed by atoms with Crippen molar-refractivity contribution in [2.24, 2.45) is 40.9 Å². The van der Waals surface area contributed by atoms with Crippen LogP contribution in [0.3, 0.4) is 0 Å². The smallest absolute Gasteiger partial charge is 0.319 e. The summed E-state index contributed by atoms with van der Waals surface area (Å²) in [6, 6.07) is 10.6. The van der Waals surface area contributed by atoms with Gasteiger partial charge in [0, 0.05) is 23.7 Å². The molecule has 3 saturated carbocycles. The molecule has 1 unspecified atom stereocenters. The Balaban J connectivity index is 1.04. The van der Waals surface area contributed by atoms with E-state index in [-0.39, 0.29) is 17.7 Å². The number of carbonyl (C=O) groups excluding carboxylic acids is 1. The van der Waals surface area contributed by atoms with E-state index in [1.165, 1.54) is 44.9 Å². The van der Waals surface area contributed by atoms with E-state index in [2.05, 4.69) is 43.6 Å². The lowest BCUT2D eigenvalue weighted by Gasteiger charge is -2.54. The Morgan fingerprint density at radius 3 is 2.70 bits per heavy atom. The maximum Gasteiger partial charge on any atom is 0.319 e. The first-order valence-corrected chi connectivity index (χ1v) is 16.5. The van der Waals surface area contributed by atoms with Crippen LogP contribution in [0.5, 0.6) is 0 Å². The average Bonchev–Trinajstić information content (AvgIpc) is 3.39. The fourth-order valence-electron chi connectivity index (χ4n) is 10.8. The number of para-hydroxylation sites is 1. The number of allylic oxidation sites excluding steroid dienone is 1. The van der Waals surface area contributed by atoms with E-state index in [1.807, 2.05) is 35.9 Å². The molecule has 5 nitrogen and oxygen atoms in total. The van der Waals surface area contributed by atoms with Gasteiger partial charge in [-0.3, -0.25) is 0 Å². The van der Waals surface area contributed by atoms with Crippen LogP contribution in [0.4, 0.5) is 10.5 Å². The Bertz CT molecular complexity index is 1150. The number of hydrogen-bond acceptors (Lipinski definition) is 3. The number of benzene rings is 1. The van der Waals surface area contributed by atoms with Crippen molar-refractivity contribution in [2.75, 3.05) is 11.9 Å². The lowest BCUT2D eigenvalue weighted by atomic mass is 9.52. The lowest BCUT2D eigenvalue weighted by molar-refractivity contribution is -0.0746. The van der Waals surface area contributed by atoms with Gasteiger partial charge in [0.15, 0.2) is 0 Å². The number of fused-ring (bicyclic) bond motifs is 6. The summed E-state index contributed by atoms with van der Waals surface area (Å²) in [5.74, 6) is 4.43. The van der Waals surface area contributed by atoms with Crippen LogP contribution in [0, 0.1) is 40.9 Å². The third-order valence-electron chi connectivity index (χ3n) is 13.0. The fourth-order valence-corrected chi connectivity index (χ4v) is 10.8. The van der Waals surface area contributed by atoms with E-state index >= 15 is 0 Å². The Morgan fingerprint density at radius 2 is 1.88 bits per heavy atom. The second-order valence-corrected chi connectivity index (χ2v) is 15.1. The van der Waals surface area contributed by atoms with Gasteiger partial charge in [-0.15, -0.1) is 0 Å². The van der Waals surface area contributed by atoms with Crippen molar-refractivity contribution in [3.63, 3.8) is 0 Å². The predicted molar refractivity (Wildman–Crippen MR) is 161 cm³/mol. The molecule has 2 heterocycles. The molecule has 1 aromatic carbocycles. The number of anilines is 1. The molecule has 0 bridgehead atoms. The van der Waals surface area contributed by atoms with Gasteiger partial charge in [-0.2, -0.15) is 0 Å². The normalized spacial score (nSPS) is 46.1. The van der Waals surface area contributed by atoms with Crippen molar-refractivity contribution in [1.82, 2.24) is 10.6 Å². The molecule has 218 valence electrons. The molecule has 2 saturated heterocycles. The number of amides is 2. The van der Waals surface area contributed by atoms with Crippen LogP contribution in [0.1, 0.15) is 91.9 Å². The van der Waals surface area contributed by atoms with Gasteiger partial charge in [-0.1, -0.05) is 50.1 Å².